The summed E-state index contributed by atoms with van der Waals surface area (Å²) >= 11 is 7.98. The van der Waals surface area contributed by atoms with Crippen molar-refractivity contribution in [1.82, 2.24) is 0 Å². The number of anilines is 2. The third-order valence-corrected chi connectivity index (χ3v) is 3.56. The topological polar surface area (TPSA) is 55.1 Å². The smallest absolute Gasteiger partial charge is 0.256 e. The zero-order chi connectivity index (χ0) is 13.1. The van der Waals surface area contributed by atoms with Gasteiger partial charge in [0.2, 0.25) is 0 Å². The van der Waals surface area contributed by atoms with Gasteiger partial charge in [-0.2, -0.15) is 0 Å². The van der Waals surface area contributed by atoms with Crippen LogP contribution in [0.1, 0.15) is 10.4 Å². The molecule has 0 spiro atoms. The molecule has 0 saturated carbocycles. The third kappa shape index (κ3) is 2.94. The van der Waals surface area contributed by atoms with Crippen molar-refractivity contribution in [2.75, 3.05) is 11.1 Å². The summed E-state index contributed by atoms with van der Waals surface area (Å²) in [5.74, 6) is -0.200. The molecular formula is C13H10ClIN2O. The predicted octanol–water partition coefficient (Wildman–Crippen LogP) is 3.78. The monoisotopic (exact) mass is 372 g/mol. The minimum absolute atomic E-state index is 0.200. The highest BCUT2D eigenvalue weighted by Gasteiger charge is 2.11. The molecule has 0 aliphatic heterocycles. The van der Waals surface area contributed by atoms with Crippen LogP contribution in [0.25, 0.3) is 0 Å². The zero-order valence-corrected chi connectivity index (χ0v) is 12.2. The Bertz CT molecular complexity index is 601. The van der Waals surface area contributed by atoms with Crippen molar-refractivity contribution in [2.24, 2.45) is 0 Å². The number of nitrogen functional groups attached to an aromatic ring is 1. The standard InChI is InChI=1S/C13H10ClIN2O/c14-8-5-6-11(16)12(7-8)17-13(18)9-3-1-2-4-10(9)15/h1-7H,16H2,(H,17,18). The van der Waals surface area contributed by atoms with E-state index in [2.05, 4.69) is 27.9 Å². The highest BCUT2D eigenvalue weighted by molar-refractivity contribution is 14.1. The van der Waals surface area contributed by atoms with Gasteiger partial charge in [-0.05, 0) is 52.9 Å². The molecule has 2 aromatic carbocycles. The van der Waals surface area contributed by atoms with Crippen LogP contribution in [0.4, 0.5) is 11.4 Å². The summed E-state index contributed by atoms with van der Waals surface area (Å²) in [7, 11) is 0. The Balaban J connectivity index is 2.27. The molecule has 18 heavy (non-hydrogen) atoms. The van der Waals surface area contributed by atoms with Crippen LogP contribution in [-0.4, -0.2) is 5.91 Å². The molecule has 0 atom stereocenters. The number of rotatable bonds is 2. The largest absolute Gasteiger partial charge is 0.397 e. The van der Waals surface area contributed by atoms with Crippen LogP contribution in [0, 0.1) is 3.57 Å². The molecule has 0 heterocycles. The average molecular weight is 373 g/mol. The molecule has 1 amide bonds. The van der Waals surface area contributed by atoms with Gasteiger partial charge in [-0.3, -0.25) is 4.79 Å². The van der Waals surface area contributed by atoms with E-state index in [1.165, 1.54) is 0 Å². The molecule has 0 bridgehead atoms. The van der Waals surface area contributed by atoms with Gasteiger partial charge in [0.15, 0.2) is 0 Å². The summed E-state index contributed by atoms with van der Waals surface area (Å²) in [6.45, 7) is 0. The number of carbonyl (C=O) groups excluding carboxylic acids is 1. The van der Waals surface area contributed by atoms with Gasteiger partial charge in [-0.15, -0.1) is 0 Å². The van der Waals surface area contributed by atoms with Crippen LogP contribution in [0.3, 0.4) is 0 Å². The summed E-state index contributed by atoms with van der Waals surface area (Å²) in [6.07, 6.45) is 0. The maximum atomic E-state index is 12.1. The van der Waals surface area contributed by atoms with Crippen LogP contribution >= 0.6 is 34.2 Å². The van der Waals surface area contributed by atoms with Crippen molar-refractivity contribution in [3.63, 3.8) is 0 Å². The Morgan fingerprint density at radius 3 is 2.67 bits per heavy atom. The Morgan fingerprint density at radius 1 is 1.22 bits per heavy atom. The van der Waals surface area contributed by atoms with Crippen molar-refractivity contribution in [2.45, 2.75) is 0 Å². The number of halogens is 2. The van der Waals surface area contributed by atoms with E-state index in [1.807, 2.05) is 18.2 Å². The van der Waals surface area contributed by atoms with Crippen LogP contribution in [0.2, 0.25) is 5.02 Å². The number of hydrogen-bond donors (Lipinski definition) is 2. The Morgan fingerprint density at radius 2 is 1.94 bits per heavy atom. The lowest BCUT2D eigenvalue weighted by Gasteiger charge is -2.09. The van der Waals surface area contributed by atoms with E-state index >= 15 is 0 Å². The summed E-state index contributed by atoms with van der Waals surface area (Å²) in [4.78, 5) is 12.1. The van der Waals surface area contributed by atoms with Crippen molar-refractivity contribution >= 4 is 51.5 Å². The molecule has 3 N–H and O–H groups in total. The molecule has 0 radical (unpaired) electrons. The normalized spacial score (nSPS) is 10.1. The molecule has 2 rings (SSSR count). The average Bonchev–Trinajstić information content (AvgIpc) is 2.34. The van der Waals surface area contributed by atoms with Gasteiger partial charge in [-0.1, -0.05) is 23.7 Å². The molecule has 0 fully saturated rings. The Kier molecular flexibility index (Phi) is 4.08. The van der Waals surface area contributed by atoms with Gasteiger partial charge in [0.1, 0.15) is 0 Å². The van der Waals surface area contributed by atoms with Gasteiger partial charge in [0.25, 0.3) is 5.91 Å². The second kappa shape index (κ2) is 5.58. The molecule has 5 heteroatoms. The quantitative estimate of drug-likeness (QED) is 0.623. The first-order valence-corrected chi connectivity index (χ1v) is 6.64. The van der Waals surface area contributed by atoms with E-state index in [0.29, 0.717) is 22.0 Å². The number of benzene rings is 2. The number of carbonyl (C=O) groups is 1. The first-order chi connectivity index (χ1) is 8.58. The summed E-state index contributed by atoms with van der Waals surface area (Å²) in [5.41, 5.74) is 7.39. The van der Waals surface area contributed by atoms with Crippen molar-refractivity contribution in [3.05, 3.63) is 56.6 Å². The van der Waals surface area contributed by atoms with Crippen LogP contribution in [0.5, 0.6) is 0 Å². The molecule has 0 aliphatic carbocycles. The van der Waals surface area contributed by atoms with Gasteiger partial charge in [0.05, 0.1) is 16.9 Å². The minimum Gasteiger partial charge on any atom is -0.397 e. The molecule has 3 nitrogen and oxygen atoms in total. The molecule has 0 saturated heterocycles. The third-order valence-electron chi connectivity index (χ3n) is 2.38. The Hall–Kier alpha value is -1.27. The van der Waals surface area contributed by atoms with E-state index < -0.39 is 0 Å². The van der Waals surface area contributed by atoms with E-state index in [-0.39, 0.29) is 5.91 Å². The van der Waals surface area contributed by atoms with Crippen molar-refractivity contribution in [3.8, 4) is 0 Å². The lowest BCUT2D eigenvalue weighted by atomic mass is 10.2. The van der Waals surface area contributed by atoms with Crippen LogP contribution in [0.15, 0.2) is 42.5 Å². The van der Waals surface area contributed by atoms with Gasteiger partial charge in [0, 0.05) is 8.59 Å². The molecule has 92 valence electrons. The predicted molar refractivity (Wildman–Crippen MR) is 83.0 cm³/mol. The van der Waals surface area contributed by atoms with Gasteiger partial charge < -0.3 is 11.1 Å². The van der Waals surface area contributed by atoms with Crippen molar-refractivity contribution < 1.29 is 4.79 Å². The number of nitrogens with two attached hydrogens (primary N) is 1. The lowest BCUT2D eigenvalue weighted by Crippen LogP contribution is -2.14. The number of hydrogen-bond acceptors (Lipinski definition) is 2. The van der Waals surface area contributed by atoms with Crippen LogP contribution in [-0.2, 0) is 0 Å². The lowest BCUT2D eigenvalue weighted by molar-refractivity contribution is 0.102. The molecule has 0 aliphatic rings. The molecule has 2 aromatic rings. The highest BCUT2D eigenvalue weighted by atomic mass is 127. The number of amides is 1. The fourth-order valence-corrected chi connectivity index (χ4v) is 2.28. The maximum absolute atomic E-state index is 12.1. The van der Waals surface area contributed by atoms with E-state index in [4.69, 9.17) is 17.3 Å². The maximum Gasteiger partial charge on any atom is 0.256 e. The van der Waals surface area contributed by atoms with E-state index in [1.54, 1.807) is 24.3 Å². The first-order valence-electron chi connectivity index (χ1n) is 5.19. The number of nitrogens with one attached hydrogen (secondary N) is 1. The summed E-state index contributed by atoms with van der Waals surface area (Å²) in [6, 6.07) is 12.3. The first kappa shape index (κ1) is 13.2. The molecule has 0 unspecified atom stereocenters. The summed E-state index contributed by atoms with van der Waals surface area (Å²) in [5, 5.41) is 3.28. The van der Waals surface area contributed by atoms with Gasteiger partial charge in [-0.25, -0.2) is 0 Å². The second-order valence-corrected chi connectivity index (χ2v) is 5.26. The van der Waals surface area contributed by atoms with E-state index in [0.717, 1.165) is 3.57 Å². The van der Waals surface area contributed by atoms with Crippen molar-refractivity contribution in [1.29, 1.82) is 0 Å². The SMILES string of the molecule is Nc1ccc(Cl)cc1NC(=O)c1ccccc1I. The summed E-state index contributed by atoms with van der Waals surface area (Å²) < 4.78 is 0.883. The van der Waals surface area contributed by atoms with E-state index in [9.17, 15) is 4.79 Å². The van der Waals surface area contributed by atoms with Crippen LogP contribution < -0.4 is 11.1 Å². The highest BCUT2D eigenvalue weighted by Crippen LogP contribution is 2.24. The van der Waals surface area contributed by atoms with Gasteiger partial charge >= 0.3 is 0 Å². The minimum atomic E-state index is -0.200. The molecule has 0 aromatic heterocycles. The molecular weight excluding hydrogens is 363 g/mol. The second-order valence-electron chi connectivity index (χ2n) is 3.67. The Labute approximate surface area is 123 Å². The fourth-order valence-electron chi connectivity index (χ4n) is 1.47. The zero-order valence-electron chi connectivity index (χ0n) is 9.28. The fraction of sp³-hybridized carbons (Fsp3) is 0.